The summed E-state index contributed by atoms with van der Waals surface area (Å²) >= 11 is 0. The van der Waals surface area contributed by atoms with Crippen LogP contribution in [0, 0.1) is 10.1 Å². The van der Waals surface area contributed by atoms with Gasteiger partial charge < -0.3 is 4.57 Å². The number of aromatic nitrogens is 1. The van der Waals surface area contributed by atoms with Gasteiger partial charge in [0.1, 0.15) is 0 Å². The van der Waals surface area contributed by atoms with Crippen molar-refractivity contribution < 1.29 is 4.92 Å². The Morgan fingerprint density at radius 2 is 1.76 bits per heavy atom. The molecule has 1 aromatic heterocycles. The van der Waals surface area contributed by atoms with Crippen molar-refractivity contribution in [2.24, 2.45) is 0 Å². The summed E-state index contributed by atoms with van der Waals surface area (Å²) in [4.78, 5) is 23.8. The van der Waals surface area contributed by atoms with Crippen molar-refractivity contribution in [3.8, 4) is 0 Å². The third-order valence-corrected chi connectivity index (χ3v) is 4.59. The van der Waals surface area contributed by atoms with Gasteiger partial charge >= 0.3 is 0 Å². The molecule has 25 heavy (non-hydrogen) atoms. The van der Waals surface area contributed by atoms with Gasteiger partial charge in [-0.3, -0.25) is 14.9 Å². The minimum Gasteiger partial charge on any atom is -0.340 e. The highest BCUT2D eigenvalue weighted by molar-refractivity contribution is 6.09. The number of nitro groups is 1. The summed E-state index contributed by atoms with van der Waals surface area (Å²) in [6, 6.07) is 16.2. The minimum atomic E-state index is -0.423. The fourth-order valence-electron chi connectivity index (χ4n) is 3.50. The second kappa shape index (κ2) is 5.70. The van der Waals surface area contributed by atoms with Crippen LogP contribution in [0.5, 0.6) is 0 Å². The van der Waals surface area contributed by atoms with Crippen molar-refractivity contribution in [2.75, 3.05) is 0 Å². The van der Waals surface area contributed by atoms with Crippen LogP contribution < -0.4 is 5.43 Å². The molecule has 124 valence electrons. The van der Waals surface area contributed by atoms with Crippen LogP contribution in [-0.2, 0) is 6.54 Å². The maximum Gasteiger partial charge on any atom is 0.271 e. The largest absolute Gasteiger partial charge is 0.340 e. The summed E-state index contributed by atoms with van der Waals surface area (Å²) in [7, 11) is 0. The van der Waals surface area contributed by atoms with Gasteiger partial charge in [-0.25, -0.2) is 0 Å². The topological polar surface area (TPSA) is 65.1 Å². The third-order valence-electron chi connectivity index (χ3n) is 4.59. The molecule has 0 spiro atoms. The molecule has 0 aliphatic heterocycles. The van der Waals surface area contributed by atoms with Crippen molar-refractivity contribution in [3.05, 3.63) is 74.9 Å². The van der Waals surface area contributed by atoms with E-state index in [4.69, 9.17) is 0 Å². The molecule has 0 amide bonds. The van der Waals surface area contributed by atoms with E-state index in [-0.39, 0.29) is 11.1 Å². The van der Waals surface area contributed by atoms with E-state index < -0.39 is 4.92 Å². The standard InChI is InChI=1S/C20H16N2O3/c1-2-11-21-18-12-14(22(24)25)8-10-16(18)20(23)17-9-7-13-5-3-4-6-15(13)19(17)21/h3-10,12H,2,11H2,1H3. The van der Waals surface area contributed by atoms with Gasteiger partial charge in [-0.05, 0) is 23.9 Å². The van der Waals surface area contributed by atoms with Gasteiger partial charge in [0.05, 0.1) is 16.0 Å². The summed E-state index contributed by atoms with van der Waals surface area (Å²) in [5.41, 5.74) is 1.37. The first-order valence-corrected chi connectivity index (χ1v) is 8.24. The Balaban J connectivity index is 2.30. The lowest BCUT2D eigenvalue weighted by Gasteiger charge is -2.16. The first-order valence-electron chi connectivity index (χ1n) is 8.24. The lowest BCUT2D eigenvalue weighted by molar-refractivity contribution is -0.384. The minimum absolute atomic E-state index is 0.00339. The van der Waals surface area contributed by atoms with E-state index in [0.29, 0.717) is 22.8 Å². The molecule has 0 bridgehead atoms. The lowest BCUT2D eigenvalue weighted by Crippen LogP contribution is -2.12. The van der Waals surface area contributed by atoms with E-state index >= 15 is 0 Å². The molecule has 0 unspecified atom stereocenters. The van der Waals surface area contributed by atoms with Gasteiger partial charge in [0, 0.05) is 34.8 Å². The Hall–Kier alpha value is -3.21. The first-order chi connectivity index (χ1) is 12.1. The molecular weight excluding hydrogens is 316 g/mol. The van der Waals surface area contributed by atoms with Gasteiger partial charge in [-0.2, -0.15) is 0 Å². The average Bonchev–Trinajstić information content (AvgIpc) is 2.64. The molecule has 0 saturated heterocycles. The fraction of sp³-hybridized carbons (Fsp3) is 0.150. The molecule has 4 aromatic rings. The molecule has 0 radical (unpaired) electrons. The van der Waals surface area contributed by atoms with Gasteiger partial charge in [-0.1, -0.05) is 37.3 Å². The molecule has 0 saturated carbocycles. The zero-order valence-corrected chi connectivity index (χ0v) is 13.7. The molecular formula is C20H16N2O3. The number of nitrogens with zero attached hydrogens (tertiary/aromatic N) is 2. The van der Waals surface area contributed by atoms with Crippen molar-refractivity contribution in [1.29, 1.82) is 0 Å². The van der Waals surface area contributed by atoms with Crippen molar-refractivity contribution in [3.63, 3.8) is 0 Å². The molecule has 0 fully saturated rings. The number of hydrogen-bond donors (Lipinski definition) is 0. The normalized spacial score (nSPS) is 11.4. The van der Waals surface area contributed by atoms with Crippen molar-refractivity contribution in [2.45, 2.75) is 19.9 Å². The average molecular weight is 332 g/mol. The van der Waals surface area contributed by atoms with Crippen LogP contribution in [0.25, 0.3) is 32.6 Å². The predicted octanol–water partition coefficient (Wildman–Crippen LogP) is 4.63. The molecule has 5 heteroatoms. The van der Waals surface area contributed by atoms with E-state index in [1.807, 2.05) is 41.0 Å². The van der Waals surface area contributed by atoms with Gasteiger partial charge in [0.15, 0.2) is 5.43 Å². The van der Waals surface area contributed by atoms with Crippen molar-refractivity contribution in [1.82, 2.24) is 4.57 Å². The van der Waals surface area contributed by atoms with Gasteiger partial charge in [0.25, 0.3) is 5.69 Å². The van der Waals surface area contributed by atoms with Crippen LogP contribution in [0.2, 0.25) is 0 Å². The molecule has 1 heterocycles. The summed E-state index contributed by atoms with van der Waals surface area (Å²) < 4.78 is 2.04. The molecule has 3 aromatic carbocycles. The summed E-state index contributed by atoms with van der Waals surface area (Å²) in [6.45, 7) is 2.74. The molecule has 5 nitrogen and oxygen atoms in total. The van der Waals surface area contributed by atoms with Crippen LogP contribution in [0.4, 0.5) is 5.69 Å². The number of hydrogen-bond acceptors (Lipinski definition) is 3. The molecule has 0 N–H and O–H groups in total. The number of rotatable bonds is 3. The Labute approximate surface area is 143 Å². The van der Waals surface area contributed by atoms with Crippen LogP contribution in [0.15, 0.2) is 59.4 Å². The Bertz CT molecular complexity index is 1210. The quantitative estimate of drug-likeness (QED) is 0.238. The van der Waals surface area contributed by atoms with E-state index in [2.05, 4.69) is 6.92 Å². The van der Waals surface area contributed by atoms with E-state index in [1.54, 1.807) is 6.07 Å². The van der Waals surface area contributed by atoms with Crippen LogP contribution >= 0.6 is 0 Å². The maximum atomic E-state index is 13.0. The number of pyridine rings is 1. The fourth-order valence-corrected chi connectivity index (χ4v) is 3.50. The van der Waals surface area contributed by atoms with Crippen LogP contribution in [-0.4, -0.2) is 9.49 Å². The number of aryl methyl sites for hydroxylation is 1. The number of fused-ring (bicyclic) bond motifs is 4. The van der Waals surface area contributed by atoms with Gasteiger partial charge in [-0.15, -0.1) is 0 Å². The number of benzene rings is 3. The highest BCUT2D eigenvalue weighted by Crippen LogP contribution is 2.29. The number of non-ortho nitro benzene ring substituents is 1. The molecule has 0 atom stereocenters. The van der Waals surface area contributed by atoms with Crippen LogP contribution in [0.3, 0.4) is 0 Å². The molecule has 0 aliphatic carbocycles. The summed E-state index contributed by atoms with van der Waals surface area (Å²) in [5, 5.41) is 14.4. The molecule has 0 aliphatic rings. The van der Waals surface area contributed by atoms with E-state index in [9.17, 15) is 14.9 Å². The Morgan fingerprint density at radius 3 is 2.52 bits per heavy atom. The third kappa shape index (κ3) is 2.28. The van der Waals surface area contributed by atoms with Gasteiger partial charge in [0.2, 0.25) is 0 Å². The Morgan fingerprint density at radius 1 is 1.00 bits per heavy atom. The lowest BCUT2D eigenvalue weighted by atomic mass is 10.0. The maximum absolute atomic E-state index is 13.0. The Kier molecular flexibility index (Phi) is 3.50. The monoisotopic (exact) mass is 332 g/mol. The first kappa shape index (κ1) is 15.3. The number of nitro benzene ring substituents is 1. The molecule has 4 rings (SSSR count). The predicted molar refractivity (Wildman–Crippen MR) is 100 cm³/mol. The van der Waals surface area contributed by atoms with E-state index in [0.717, 1.165) is 22.7 Å². The van der Waals surface area contributed by atoms with E-state index in [1.165, 1.54) is 12.1 Å². The smallest absolute Gasteiger partial charge is 0.271 e. The van der Waals surface area contributed by atoms with Crippen molar-refractivity contribution >= 4 is 38.3 Å². The summed E-state index contributed by atoms with van der Waals surface area (Å²) in [6.07, 6.45) is 0.860. The second-order valence-corrected chi connectivity index (χ2v) is 6.12. The second-order valence-electron chi connectivity index (χ2n) is 6.12. The highest BCUT2D eigenvalue weighted by Gasteiger charge is 2.16. The SMILES string of the molecule is CCCn1c2cc([N+](=O)[O-])ccc2c(=O)c2ccc3ccccc3c21. The highest BCUT2D eigenvalue weighted by atomic mass is 16.6. The zero-order chi connectivity index (χ0) is 17.6. The van der Waals surface area contributed by atoms with Crippen LogP contribution in [0.1, 0.15) is 13.3 Å². The summed E-state index contributed by atoms with van der Waals surface area (Å²) in [5.74, 6) is 0. The zero-order valence-electron chi connectivity index (χ0n) is 13.7.